The van der Waals surface area contributed by atoms with Gasteiger partial charge in [-0.05, 0) is 61.8 Å². The van der Waals surface area contributed by atoms with E-state index in [1.54, 1.807) is 0 Å². The van der Waals surface area contributed by atoms with Gasteiger partial charge in [0.15, 0.2) is 0 Å². The zero-order valence-electron chi connectivity index (χ0n) is 12.4. The van der Waals surface area contributed by atoms with E-state index in [0.717, 1.165) is 29.7 Å². The maximum absolute atomic E-state index is 3.63. The number of rotatable bonds is 4. The zero-order valence-corrected chi connectivity index (χ0v) is 12.4. The van der Waals surface area contributed by atoms with Crippen LogP contribution in [-0.2, 0) is 0 Å². The van der Waals surface area contributed by atoms with Crippen molar-refractivity contribution in [3.63, 3.8) is 0 Å². The maximum Gasteiger partial charge on any atom is 0.00978 e. The highest BCUT2D eigenvalue weighted by molar-refractivity contribution is 4.95. The van der Waals surface area contributed by atoms with E-state index in [0.29, 0.717) is 5.41 Å². The van der Waals surface area contributed by atoms with Crippen LogP contribution in [0.5, 0.6) is 0 Å². The molecule has 1 nitrogen and oxygen atoms in total. The van der Waals surface area contributed by atoms with E-state index in [1.165, 1.54) is 32.1 Å². The van der Waals surface area contributed by atoms with Crippen LogP contribution in [-0.4, -0.2) is 13.1 Å². The van der Waals surface area contributed by atoms with Crippen LogP contribution in [0.2, 0.25) is 0 Å². The van der Waals surface area contributed by atoms with Gasteiger partial charge in [-0.25, -0.2) is 0 Å². The number of hydrogen-bond donors (Lipinski definition) is 1. The van der Waals surface area contributed by atoms with E-state index in [1.807, 2.05) is 0 Å². The highest BCUT2D eigenvalue weighted by atomic mass is 14.9. The molecule has 1 N–H and O–H groups in total. The molecule has 0 aromatic rings. The first-order valence-corrected chi connectivity index (χ1v) is 7.59. The molecule has 2 aliphatic rings. The van der Waals surface area contributed by atoms with Gasteiger partial charge in [0, 0.05) is 6.04 Å². The van der Waals surface area contributed by atoms with Gasteiger partial charge in [-0.2, -0.15) is 0 Å². The molecule has 0 aromatic heterocycles. The minimum atomic E-state index is 0.451. The third-order valence-electron chi connectivity index (χ3n) is 5.77. The summed E-state index contributed by atoms with van der Waals surface area (Å²) in [5.41, 5.74) is 0.451. The molecule has 2 fully saturated rings. The molecule has 100 valence electrons. The average molecular weight is 237 g/mol. The van der Waals surface area contributed by atoms with Gasteiger partial charge in [-0.3, -0.25) is 0 Å². The van der Waals surface area contributed by atoms with Crippen molar-refractivity contribution in [2.45, 2.75) is 65.8 Å². The van der Waals surface area contributed by atoms with Crippen molar-refractivity contribution in [3.8, 4) is 0 Å². The van der Waals surface area contributed by atoms with Crippen LogP contribution in [0.3, 0.4) is 0 Å². The topological polar surface area (TPSA) is 12.0 Å². The second-order valence-electron chi connectivity index (χ2n) is 7.74. The summed E-state index contributed by atoms with van der Waals surface area (Å²) in [4.78, 5) is 0. The largest absolute Gasteiger partial charge is 0.317 e. The van der Waals surface area contributed by atoms with Crippen molar-refractivity contribution in [1.82, 2.24) is 5.32 Å². The molecule has 0 heterocycles. The van der Waals surface area contributed by atoms with Crippen LogP contribution in [0.4, 0.5) is 0 Å². The molecule has 0 amide bonds. The van der Waals surface area contributed by atoms with Crippen molar-refractivity contribution >= 4 is 0 Å². The first-order valence-electron chi connectivity index (χ1n) is 7.59. The van der Waals surface area contributed by atoms with E-state index in [-0.39, 0.29) is 0 Å². The van der Waals surface area contributed by atoms with Gasteiger partial charge >= 0.3 is 0 Å². The highest BCUT2D eigenvalue weighted by Gasteiger charge is 2.43. The van der Waals surface area contributed by atoms with Crippen LogP contribution >= 0.6 is 0 Å². The van der Waals surface area contributed by atoms with Crippen LogP contribution < -0.4 is 5.32 Å². The zero-order chi connectivity index (χ0) is 12.6. The molecule has 5 atom stereocenters. The van der Waals surface area contributed by atoms with Gasteiger partial charge in [-0.1, -0.05) is 34.1 Å². The fourth-order valence-corrected chi connectivity index (χ4v) is 4.03. The van der Waals surface area contributed by atoms with E-state index < -0.39 is 0 Å². The van der Waals surface area contributed by atoms with Gasteiger partial charge < -0.3 is 5.32 Å². The second kappa shape index (κ2) is 4.91. The Bertz CT molecular complexity index is 253. The van der Waals surface area contributed by atoms with Gasteiger partial charge in [0.05, 0.1) is 0 Å². The van der Waals surface area contributed by atoms with E-state index in [2.05, 4.69) is 40.1 Å². The molecule has 0 aliphatic heterocycles. The second-order valence-corrected chi connectivity index (χ2v) is 7.74. The Morgan fingerprint density at radius 3 is 2.29 bits per heavy atom. The van der Waals surface area contributed by atoms with Gasteiger partial charge in [0.1, 0.15) is 0 Å². The van der Waals surface area contributed by atoms with Crippen molar-refractivity contribution in [1.29, 1.82) is 0 Å². The molecule has 0 aromatic carbocycles. The van der Waals surface area contributed by atoms with E-state index in [9.17, 15) is 0 Å². The van der Waals surface area contributed by atoms with Gasteiger partial charge in [0.2, 0.25) is 0 Å². The highest BCUT2D eigenvalue weighted by Crippen LogP contribution is 2.50. The average Bonchev–Trinajstić information content (AvgIpc) is 2.85. The molecule has 2 bridgehead atoms. The molecular formula is C16H31N. The fraction of sp³-hybridized carbons (Fsp3) is 1.00. The number of hydrogen-bond acceptors (Lipinski definition) is 1. The molecule has 0 saturated heterocycles. The Hall–Kier alpha value is -0.0400. The smallest absolute Gasteiger partial charge is 0.00978 e. The first kappa shape index (κ1) is 13.4. The number of fused-ring (bicyclic) bond motifs is 2. The summed E-state index contributed by atoms with van der Waals surface area (Å²) in [5, 5.41) is 3.63. The quantitative estimate of drug-likeness (QED) is 0.777. The summed E-state index contributed by atoms with van der Waals surface area (Å²) >= 11 is 0. The molecule has 5 unspecified atom stereocenters. The van der Waals surface area contributed by atoms with Crippen LogP contribution in [0.1, 0.15) is 59.8 Å². The third-order valence-corrected chi connectivity index (χ3v) is 5.77. The SMILES string of the molecule is CNC(CC(C)C(C)(C)C)C1CC2CCC1C2. The maximum atomic E-state index is 3.63. The molecule has 0 radical (unpaired) electrons. The van der Waals surface area contributed by atoms with Gasteiger partial charge in [0.25, 0.3) is 0 Å². The summed E-state index contributed by atoms with van der Waals surface area (Å²) in [6.07, 6.45) is 7.43. The summed E-state index contributed by atoms with van der Waals surface area (Å²) in [5.74, 6) is 3.90. The summed E-state index contributed by atoms with van der Waals surface area (Å²) in [7, 11) is 2.17. The van der Waals surface area contributed by atoms with Crippen molar-refractivity contribution < 1.29 is 0 Å². The minimum Gasteiger partial charge on any atom is -0.317 e. The molecule has 2 aliphatic carbocycles. The standard InChI is InChI=1S/C16H31N/c1-11(16(2,3)4)8-15(17-5)14-10-12-6-7-13(14)9-12/h11-15,17H,6-10H2,1-5H3. The Morgan fingerprint density at radius 2 is 1.88 bits per heavy atom. The summed E-state index contributed by atoms with van der Waals surface area (Å²) < 4.78 is 0. The molecule has 17 heavy (non-hydrogen) atoms. The Morgan fingerprint density at radius 1 is 1.18 bits per heavy atom. The Kier molecular flexibility index (Phi) is 3.87. The predicted molar refractivity (Wildman–Crippen MR) is 75.0 cm³/mol. The lowest BCUT2D eigenvalue weighted by Crippen LogP contribution is -2.39. The monoisotopic (exact) mass is 237 g/mol. The molecule has 0 spiro atoms. The van der Waals surface area contributed by atoms with Crippen LogP contribution in [0.15, 0.2) is 0 Å². The lowest BCUT2D eigenvalue weighted by Gasteiger charge is -2.36. The Labute approximate surface area is 108 Å². The summed E-state index contributed by atoms with van der Waals surface area (Å²) in [6.45, 7) is 9.57. The first-order chi connectivity index (χ1) is 7.91. The predicted octanol–water partition coefficient (Wildman–Crippen LogP) is 4.08. The lowest BCUT2D eigenvalue weighted by atomic mass is 9.74. The van der Waals surface area contributed by atoms with E-state index >= 15 is 0 Å². The van der Waals surface area contributed by atoms with Crippen molar-refractivity contribution in [3.05, 3.63) is 0 Å². The number of nitrogens with one attached hydrogen (secondary N) is 1. The van der Waals surface area contributed by atoms with Crippen LogP contribution in [0, 0.1) is 29.1 Å². The molecular weight excluding hydrogens is 206 g/mol. The minimum absolute atomic E-state index is 0.451. The molecule has 2 saturated carbocycles. The normalized spacial score (nSPS) is 36.2. The van der Waals surface area contributed by atoms with E-state index in [4.69, 9.17) is 0 Å². The van der Waals surface area contributed by atoms with Gasteiger partial charge in [-0.15, -0.1) is 0 Å². The lowest BCUT2D eigenvalue weighted by molar-refractivity contribution is 0.173. The molecule has 1 heteroatoms. The fourth-order valence-electron chi connectivity index (χ4n) is 4.03. The third kappa shape index (κ3) is 2.86. The molecule has 2 rings (SSSR count). The Balaban J connectivity index is 1.93. The van der Waals surface area contributed by atoms with Crippen molar-refractivity contribution in [2.24, 2.45) is 29.1 Å². The summed E-state index contributed by atoms with van der Waals surface area (Å²) in [6, 6.07) is 0.763. The van der Waals surface area contributed by atoms with Crippen LogP contribution in [0.25, 0.3) is 0 Å². The van der Waals surface area contributed by atoms with Crippen molar-refractivity contribution in [2.75, 3.05) is 7.05 Å².